The van der Waals surface area contributed by atoms with Crippen molar-refractivity contribution in [1.82, 2.24) is 5.32 Å². The van der Waals surface area contributed by atoms with Crippen LogP contribution in [0.5, 0.6) is 0 Å². The third-order valence-electron chi connectivity index (χ3n) is 3.70. The molecule has 0 aromatic rings. The second-order valence-electron chi connectivity index (χ2n) is 6.52. The van der Waals surface area contributed by atoms with Gasteiger partial charge in [0.1, 0.15) is 0 Å². The molecule has 0 amide bonds. The molecule has 5 heteroatoms. The molecule has 25 heavy (non-hydrogen) atoms. The molecule has 0 saturated heterocycles. The molecule has 0 aliphatic carbocycles. The van der Waals surface area contributed by atoms with Gasteiger partial charge in [0.25, 0.3) is 0 Å². The first kappa shape index (κ1) is 24.8. The van der Waals surface area contributed by atoms with E-state index in [1.54, 1.807) is 0 Å². The van der Waals surface area contributed by atoms with Crippen LogP contribution in [0.2, 0.25) is 0 Å². The quantitative estimate of drug-likeness (QED) is 0.340. The Morgan fingerprint density at radius 3 is 0.960 bits per heavy atom. The summed E-state index contributed by atoms with van der Waals surface area (Å²) in [5.41, 5.74) is 0. The molecule has 0 saturated carbocycles. The van der Waals surface area contributed by atoms with Gasteiger partial charge in [0, 0.05) is 12.8 Å². The van der Waals surface area contributed by atoms with Crippen molar-refractivity contribution in [2.24, 2.45) is 0 Å². The minimum atomic E-state index is -0.864. The van der Waals surface area contributed by atoms with Crippen LogP contribution in [0.3, 0.4) is 0 Å². The molecule has 0 heterocycles. The lowest BCUT2D eigenvalue weighted by Gasteiger charge is -2.44. The average Bonchev–Trinajstić information content (AvgIpc) is 2.61. The predicted molar refractivity (Wildman–Crippen MR) is 103 cm³/mol. The van der Waals surface area contributed by atoms with E-state index < -0.39 is 11.8 Å². The summed E-state index contributed by atoms with van der Waals surface area (Å²) in [5.74, 6) is -1.73. The van der Waals surface area contributed by atoms with Gasteiger partial charge in [0.2, 0.25) is 11.8 Å². The smallest absolute Gasteiger partial charge is 0.231 e. The Labute approximate surface area is 156 Å². The van der Waals surface area contributed by atoms with E-state index in [4.69, 9.17) is 18.9 Å². The van der Waals surface area contributed by atoms with Crippen molar-refractivity contribution < 1.29 is 18.9 Å². The standard InChI is InChI=1S/C20H43NO4/c1-7-13-19(22-15-9-3,23-16-10-4)21-20(14-8-2,24-17-11-5)25-18-12-6/h21H,7-18H2,1-6H3. The highest BCUT2D eigenvalue weighted by molar-refractivity contribution is 4.77. The van der Waals surface area contributed by atoms with Gasteiger partial charge in [-0.15, -0.1) is 0 Å². The van der Waals surface area contributed by atoms with Gasteiger partial charge in [-0.05, 0) is 38.5 Å². The first-order valence-corrected chi connectivity index (χ1v) is 10.4. The highest BCUT2D eigenvalue weighted by Gasteiger charge is 2.43. The number of nitrogens with one attached hydrogen (secondary N) is 1. The van der Waals surface area contributed by atoms with E-state index in [0.29, 0.717) is 26.4 Å². The third kappa shape index (κ3) is 9.90. The molecule has 0 fully saturated rings. The first-order chi connectivity index (χ1) is 12.1. The molecule has 0 rings (SSSR count). The van der Waals surface area contributed by atoms with Crippen molar-refractivity contribution in [3.63, 3.8) is 0 Å². The fraction of sp³-hybridized carbons (Fsp3) is 1.00. The van der Waals surface area contributed by atoms with E-state index >= 15 is 0 Å². The number of hydrogen-bond donors (Lipinski definition) is 1. The van der Waals surface area contributed by atoms with Crippen molar-refractivity contribution in [3.05, 3.63) is 0 Å². The second-order valence-corrected chi connectivity index (χ2v) is 6.52. The van der Waals surface area contributed by atoms with Crippen molar-refractivity contribution in [3.8, 4) is 0 Å². The average molecular weight is 362 g/mol. The molecular formula is C20H43NO4. The molecule has 0 aliphatic heterocycles. The van der Waals surface area contributed by atoms with Gasteiger partial charge in [-0.2, -0.15) is 0 Å². The van der Waals surface area contributed by atoms with Crippen LogP contribution in [0.4, 0.5) is 0 Å². The van der Waals surface area contributed by atoms with Gasteiger partial charge < -0.3 is 18.9 Å². The van der Waals surface area contributed by atoms with Crippen LogP contribution in [-0.4, -0.2) is 38.2 Å². The van der Waals surface area contributed by atoms with Crippen LogP contribution in [0.1, 0.15) is 92.9 Å². The summed E-state index contributed by atoms with van der Waals surface area (Å²) in [7, 11) is 0. The van der Waals surface area contributed by atoms with Crippen LogP contribution in [0.15, 0.2) is 0 Å². The van der Waals surface area contributed by atoms with Crippen molar-refractivity contribution in [2.45, 2.75) is 105 Å². The third-order valence-corrected chi connectivity index (χ3v) is 3.70. The van der Waals surface area contributed by atoms with E-state index in [0.717, 1.165) is 51.4 Å². The Hall–Kier alpha value is -0.200. The molecule has 152 valence electrons. The molecule has 0 aliphatic rings. The zero-order chi connectivity index (χ0) is 19.0. The highest BCUT2D eigenvalue weighted by Crippen LogP contribution is 2.27. The maximum Gasteiger partial charge on any atom is 0.231 e. The maximum absolute atomic E-state index is 6.19. The molecule has 0 radical (unpaired) electrons. The molecule has 0 spiro atoms. The van der Waals surface area contributed by atoms with Crippen LogP contribution >= 0.6 is 0 Å². The monoisotopic (exact) mass is 361 g/mol. The number of ether oxygens (including phenoxy) is 4. The number of rotatable bonds is 18. The van der Waals surface area contributed by atoms with Crippen molar-refractivity contribution in [2.75, 3.05) is 26.4 Å². The lowest BCUT2D eigenvalue weighted by molar-refractivity contribution is -0.347. The minimum absolute atomic E-state index is 0.639. The van der Waals surface area contributed by atoms with Crippen LogP contribution < -0.4 is 5.32 Å². The Morgan fingerprint density at radius 2 is 0.760 bits per heavy atom. The largest absolute Gasteiger partial charge is 0.337 e. The maximum atomic E-state index is 6.19. The van der Waals surface area contributed by atoms with Crippen LogP contribution in [0, 0.1) is 0 Å². The molecule has 5 nitrogen and oxygen atoms in total. The topological polar surface area (TPSA) is 49.0 Å². The van der Waals surface area contributed by atoms with Crippen LogP contribution in [-0.2, 0) is 18.9 Å². The highest BCUT2D eigenvalue weighted by atomic mass is 16.8. The molecule has 0 aromatic carbocycles. The normalized spacial score (nSPS) is 12.7. The lowest BCUT2D eigenvalue weighted by Crippen LogP contribution is -2.63. The van der Waals surface area contributed by atoms with Crippen molar-refractivity contribution >= 4 is 0 Å². The molecular weight excluding hydrogens is 318 g/mol. The zero-order valence-corrected chi connectivity index (χ0v) is 17.6. The summed E-state index contributed by atoms with van der Waals surface area (Å²) >= 11 is 0. The summed E-state index contributed by atoms with van der Waals surface area (Å²) in [4.78, 5) is 0. The van der Waals surface area contributed by atoms with Gasteiger partial charge >= 0.3 is 0 Å². The van der Waals surface area contributed by atoms with E-state index in [1.807, 2.05) is 0 Å². The summed E-state index contributed by atoms with van der Waals surface area (Å²) in [5, 5.41) is 3.53. The minimum Gasteiger partial charge on any atom is -0.337 e. The van der Waals surface area contributed by atoms with E-state index in [-0.39, 0.29) is 0 Å². The summed E-state index contributed by atoms with van der Waals surface area (Å²) in [6.07, 6.45) is 7.16. The van der Waals surface area contributed by atoms with Gasteiger partial charge in [0.15, 0.2) is 0 Å². The second kappa shape index (κ2) is 14.9. The Balaban J connectivity index is 5.52. The van der Waals surface area contributed by atoms with Gasteiger partial charge in [-0.1, -0.05) is 41.5 Å². The fourth-order valence-electron chi connectivity index (χ4n) is 2.66. The molecule has 0 atom stereocenters. The van der Waals surface area contributed by atoms with Crippen molar-refractivity contribution in [1.29, 1.82) is 0 Å². The molecule has 1 N–H and O–H groups in total. The van der Waals surface area contributed by atoms with E-state index in [2.05, 4.69) is 46.9 Å². The predicted octanol–water partition coefficient (Wildman–Crippen LogP) is 5.19. The zero-order valence-electron chi connectivity index (χ0n) is 17.6. The summed E-state index contributed by atoms with van der Waals surface area (Å²) < 4.78 is 24.8. The number of hydrogen-bond acceptors (Lipinski definition) is 5. The summed E-state index contributed by atoms with van der Waals surface area (Å²) in [6.45, 7) is 15.3. The SMILES string of the molecule is CCCOC(CCC)(NC(CCC)(OCCC)OCCC)OCCC. The van der Waals surface area contributed by atoms with Gasteiger partial charge in [-0.25, -0.2) is 5.32 Å². The van der Waals surface area contributed by atoms with E-state index in [9.17, 15) is 0 Å². The van der Waals surface area contributed by atoms with Gasteiger partial charge in [0.05, 0.1) is 26.4 Å². The summed E-state index contributed by atoms with van der Waals surface area (Å²) in [6, 6.07) is 0. The van der Waals surface area contributed by atoms with Crippen LogP contribution in [0.25, 0.3) is 0 Å². The molecule has 0 bridgehead atoms. The lowest BCUT2D eigenvalue weighted by atomic mass is 10.2. The van der Waals surface area contributed by atoms with Gasteiger partial charge in [-0.3, -0.25) is 0 Å². The molecule has 0 aromatic heterocycles. The van der Waals surface area contributed by atoms with E-state index in [1.165, 1.54) is 0 Å². The molecule has 0 unspecified atom stereocenters. The Bertz CT molecular complexity index is 255. The first-order valence-electron chi connectivity index (χ1n) is 10.4. The Morgan fingerprint density at radius 1 is 0.480 bits per heavy atom. The fourth-order valence-corrected chi connectivity index (χ4v) is 2.66. The Kier molecular flexibility index (Phi) is 14.8.